The standard InChI is InChI=1S/C7H10N2O3/c1-2-9-5(4-10)3-8-6(9)7(11)12/h3,10H,2,4H2,1H3,(H,11,12). The lowest BCUT2D eigenvalue weighted by molar-refractivity contribution is 0.0677. The van der Waals surface area contributed by atoms with Crippen molar-refractivity contribution in [2.75, 3.05) is 0 Å². The average Bonchev–Trinajstić information content (AvgIpc) is 2.46. The number of aromatic nitrogens is 2. The summed E-state index contributed by atoms with van der Waals surface area (Å²) in [6.45, 7) is 2.11. The predicted octanol–water partition coefficient (Wildman–Crippen LogP) is 0.0935. The summed E-state index contributed by atoms with van der Waals surface area (Å²) in [6, 6.07) is 0. The molecule has 2 N–H and O–H groups in total. The van der Waals surface area contributed by atoms with Crippen molar-refractivity contribution >= 4 is 5.97 Å². The van der Waals surface area contributed by atoms with Crippen molar-refractivity contribution < 1.29 is 15.0 Å². The molecule has 0 spiro atoms. The van der Waals surface area contributed by atoms with Crippen molar-refractivity contribution in [2.24, 2.45) is 0 Å². The fourth-order valence-electron chi connectivity index (χ4n) is 1.06. The molecule has 5 heteroatoms. The van der Waals surface area contributed by atoms with E-state index in [1.165, 1.54) is 10.8 Å². The summed E-state index contributed by atoms with van der Waals surface area (Å²) < 4.78 is 1.46. The highest BCUT2D eigenvalue weighted by molar-refractivity contribution is 5.83. The van der Waals surface area contributed by atoms with Crippen LogP contribution in [0, 0.1) is 0 Å². The van der Waals surface area contributed by atoms with Crippen LogP contribution in [0.5, 0.6) is 0 Å². The van der Waals surface area contributed by atoms with Gasteiger partial charge in [-0.25, -0.2) is 9.78 Å². The molecule has 0 aromatic carbocycles. The summed E-state index contributed by atoms with van der Waals surface area (Å²) in [4.78, 5) is 14.2. The topological polar surface area (TPSA) is 75.3 Å². The van der Waals surface area contributed by atoms with Crippen LogP contribution in [0.3, 0.4) is 0 Å². The number of carboxylic acid groups (broad SMARTS) is 1. The molecule has 5 nitrogen and oxygen atoms in total. The predicted molar refractivity (Wildman–Crippen MR) is 40.8 cm³/mol. The first-order valence-electron chi connectivity index (χ1n) is 3.59. The van der Waals surface area contributed by atoms with Gasteiger partial charge in [0.25, 0.3) is 0 Å². The van der Waals surface area contributed by atoms with Gasteiger partial charge < -0.3 is 14.8 Å². The second kappa shape index (κ2) is 3.36. The van der Waals surface area contributed by atoms with Crippen LogP contribution in [-0.2, 0) is 13.2 Å². The Morgan fingerprint density at radius 3 is 2.83 bits per heavy atom. The van der Waals surface area contributed by atoms with E-state index in [1.54, 1.807) is 6.92 Å². The van der Waals surface area contributed by atoms with Gasteiger partial charge in [-0.15, -0.1) is 0 Å². The molecule has 1 aromatic heterocycles. The van der Waals surface area contributed by atoms with Crippen molar-refractivity contribution in [3.63, 3.8) is 0 Å². The number of imidazole rings is 1. The van der Waals surface area contributed by atoms with E-state index >= 15 is 0 Å². The quantitative estimate of drug-likeness (QED) is 0.674. The zero-order chi connectivity index (χ0) is 9.14. The number of rotatable bonds is 3. The van der Waals surface area contributed by atoms with Crippen LogP contribution in [0.25, 0.3) is 0 Å². The Bertz CT molecular complexity index is 293. The Morgan fingerprint density at radius 1 is 1.75 bits per heavy atom. The highest BCUT2D eigenvalue weighted by Crippen LogP contribution is 2.05. The van der Waals surface area contributed by atoms with Gasteiger partial charge in [-0.2, -0.15) is 0 Å². The van der Waals surface area contributed by atoms with Gasteiger partial charge in [0.1, 0.15) is 0 Å². The maximum atomic E-state index is 10.5. The summed E-state index contributed by atoms with van der Waals surface area (Å²) in [7, 11) is 0. The largest absolute Gasteiger partial charge is 0.475 e. The van der Waals surface area contributed by atoms with Crippen LogP contribution in [0.2, 0.25) is 0 Å². The number of carbonyl (C=O) groups is 1. The maximum absolute atomic E-state index is 10.5. The Labute approximate surface area is 69.3 Å². The van der Waals surface area contributed by atoms with Gasteiger partial charge in [0, 0.05) is 6.54 Å². The van der Waals surface area contributed by atoms with Gasteiger partial charge in [0.2, 0.25) is 5.82 Å². The zero-order valence-electron chi connectivity index (χ0n) is 6.69. The first-order valence-corrected chi connectivity index (χ1v) is 3.59. The first kappa shape index (κ1) is 8.73. The van der Waals surface area contributed by atoms with Crippen LogP contribution in [0.15, 0.2) is 6.20 Å². The third-order valence-corrected chi connectivity index (χ3v) is 1.61. The number of aromatic carboxylic acids is 1. The number of hydrogen-bond donors (Lipinski definition) is 2. The van der Waals surface area contributed by atoms with Gasteiger partial charge in [0.15, 0.2) is 0 Å². The summed E-state index contributed by atoms with van der Waals surface area (Å²) in [5, 5.41) is 17.4. The number of hydrogen-bond acceptors (Lipinski definition) is 3. The molecule has 0 bridgehead atoms. The van der Waals surface area contributed by atoms with E-state index in [2.05, 4.69) is 4.98 Å². The fraction of sp³-hybridized carbons (Fsp3) is 0.429. The normalized spacial score (nSPS) is 10.2. The van der Waals surface area contributed by atoms with E-state index in [0.29, 0.717) is 12.2 Å². The van der Waals surface area contributed by atoms with Gasteiger partial charge in [-0.1, -0.05) is 0 Å². The molecule has 1 rings (SSSR count). The molecule has 0 aliphatic rings. The molecule has 12 heavy (non-hydrogen) atoms. The Kier molecular flexibility index (Phi) is 2.44. The minimum Gasteiger partial charge on any atom is -0.475 e. The van der Waals surface area contributed by atoms with E-state index in [-0.39, 0.29) is 12.4 Å². The lowest BCUT2D eigenvalue weighted by Crippen LogP contribution is -2.10. The maximum Gasteiger partial charge on any atom is 0.372 e. The molecule has 0 atom stereocenters. The van der Waals surface area contributed by atoms with Crippen LogP contribution in [-0.4, -0.2) is 25.7 Å². The monoisotopic (exact) mass is 170 g/mol. The smallest absolute Gasteiger partial charge is 0.372 e. The van der Waals surface area contributed by atoms with E-state index in [0.717, 1.165) is 0 Å². The molecule has 0 fully saturated rings. The Hall–Kier alpha value is -1.36. The molecule has 0 aliphatic heterocycles. The fourth-order valence-corrected chi connectivity index (χ4v) is 1.06. The molecule has 0 saturated heterocycles. The Balaban J connectivity index is 3.13. The summed E-state index contributed by atoms with van der Waals surface area (Å²) in [5.74, 6) is -1.10. The van der Waals surface area contributed by atoms with E-state index in [9.17, 15) is 4.79 Å². The molecule has 1 heterocycles. The first-order chi connectivity index (χ1) is 5.70. The van der Waals surface area contributed by atoms with Gasteiger partial charge in [-0.05, 0) is 6.92 Å². The highest BCUT2D eigenvalue weighted by Gasteiger charge is 2.13. The van der Waals surface area contributed by atoms with Gasteiger partial charge in [-0.3, -0.25) is 0 Å². The molecule has 66 valence electrons. The van der Waals surface area contributed by atoms with Crippen molar-refractivity contribution in [3.8, 4) is 0 Å². The van der Waals surface area contributed by atoms with Gasteiger partial charge in [0.05, 0.1) is 18.5 Å². The van der Waals surface area contributed by atoms with Crippen LogP contribution in [0.1, 0.15) is 23.2 Å². The van der Waals surface area contributed by atoms with Crippen LogP contribution >= 0.6 is 0 Å². The number of nitrogens with zero attached hydrogens (tertiary/aromatic N) is 2. The Morgan fingerprint density at radius 2 is 2.42 bits per heavy atom. The van der Waals surface area contributed by atoms with Crippen LogP contribution < -0.4 is 0 Å². The minimum absolute atomic E-state index is 0.0263. The number of carboxylic acids is 1. The number of aliphatic hydroxyl groups excluding tert-OH is 1. The minimum atomic E-state index is -1.07. The van der Waals surface area contributed by atoms with Crippen molar-refractivity contribution in [1.82, 2.24) is 9.55 Å². The third kappa shape index (κ3) is 1.31. The third-order valence-electron chi connectivity index (χ3n) is 1.61. The van der Waals surface area contributed by atoms with Gasteiger partial charge >= 0.3 is 5.97 Å². The van der Waals surface area contributed by atoms with E-state index in [4.69, 9.17) is 10.2 Å². The lowest BCUT2D eigenvalue weighted by Gasteiger charge is -2.03. The number of aliphatic hydroxyl groups is 1. The van der Waals surface area contributed by atoms with E-state index in [1.807, 2.05) is 0 Å². The summed E-state index contributed by atoms with van der Waals surface area (Å²) in [6.07, 6.45) is 1.37. The zero-order valence-corrected chi connectivity index (χ0v) is 6.69. The van der Waals surface area contributed by atoms with E-state index < -0.39 is 5.97 Å². The second-order valence-electron chi connectivity index (χ2n) is 2.28. The molecule has 0 amide bonds. The highest BCUT2D eigenvalue weighted by atomic mass is 16.4. The van der Waals surface area contributed by atoms with Crippen molar-refractivity contribution in [2.45, 2.75) is 20.1 Å². The van der Waals surface area contributed by atoms with Crippen molar-refractivity contribution in [3.05, 3.63) is 17.7 Å². The van der Waals surface area contributed by atoms with Crippen molar-refractivity contribution in [1.29, 1.82) is 0 Å². The van der Waals surface area contributed by atoms with Crippen LogP contribution in [0.4, 0.5) is 0 Å². The molecule has 0 unspecified atom stereocenters. The molecule has 1 aromatic rings. The second-order valence-corrected chi connectivity index (χ2v) is 2.28. The SMILES string of the molecule is CCn1c(CO)cnc1C(=O)O. The molecule has 0 aliphatic carbocycles. The average molecular weight is 170 g/mol. The molecule has 0 saturated carbocycles. The summed E-state index contributed by atoms with van der Waals surface area (Å²) in [5.41, 5.74) is 0.523. The molecular weight excluding hydrogens is 160 g/mol. The summed E-state index contributed by atoms with van der Waals surface area (Å²) >= 11 is 0. The molecular formula is C7H10N2O3. The molecule has 0 radical (unpaired) electrons. The lowest BCUT2D eigenvalue weighted by atomic mass is 10.5.